The van der Waals surface area contributed by atoms with Crippen molar-refractivity contribution in [3.8, 4) is 5.75 Å². The van der Waals surface area contributed by atoms with E-state index in [4.69, 9.17) is 16.3 Å². The molecule has 1 aliphatic heterocycles. The zero-order chi connectivity index (χ0) is 24.4. The van der Waals surface area contributed by atoms with Crippen molar-refractivity contribution in [3.05, 3.63) is 86.6 Å². The van der Waals surface area contributed by atoms with Gasteiger partial charge in [0.05, 0.1) is 6.04 Å². The number of hydrogen-bond donors (Lipinski definition) is 0. The molecule has 2 aliphatic rings. The molecule has 0 bridgehead atoms. The van der Waals surface area contributed by atoms with Crippen molar-refractivity contribution in [2.45, 2.75) is 32.2 Å². The Kier molecular flexibility index (Phi) is 7.12. The summed E-state index contributed by atoms with van der Waals surface area (Å²) in [6, 6.07) is 16.8. The fraction of sp³-hybridized carbons (Fsp3) is 0.357. The molecule has 1 aliphatic carbocycles. The van der Waals surface area contributed by atoms with Crippen LogP contribution in [0.15, 0.2) is 60.0 Å². The minimum absolute atomic E-state index is 0.0459. The van der Waals surface area contributed by atoms with Crippen molar-refractivity contribution in [1.82, 2.24) is 9.80 Å². The van der Waals surface area contributed by atoms with E-state index in [1.807, 2.05) is 36.1 Å². The minimum Gasteiger partial charge on any atom is -0.491 e. The van der Waals surface area contributed by atoms with Gasteiger partial charge in [-0.2, -0.15) is 0 Å². The molecular formula is C28H29ClN2O3S. The van der Waals surface area contributed by atoms with Gasteiger partial charge in [0.2, 0.25) is 5.91 Å². The van der Waals surface area contributed by atoms with Gasteiger partial charge in [0.25, 0.3) is 5.91 Å². The number of amides is 2. The Hall–Kier alpha value is -2.83. The molecule has 1 unspecified atom stereocenters. The molecule has 35 heavy (non-hydrogen) atoms. The lowest BCUT2D eigenvalue weighted by Gasteiger charge is -2.37. The first kappa shape index (κ1) is 23.9. The predicted molar refractivity (Wildman–Crippen MR) is 139 cm³/mol. The Morgan fingerprint density at radius 2 is 1.94 bits per heavy atom. The number of thiophene rings is 1. The molecular weight excluding hydrogens is 480 g/mol. The molecule has 5 rings (SSSR count). The highest BCUT2D eigenvalue weighted by molar-refractivity contribution is 7.10. The van der Waals surface area contributed by atoms with Crippen molar-refractivity contribution in [2.75, 3.05) is 26.2 Å². The smallest absolute Gasteiger partial charge is 0.254 e. The number of halogens is 1. The van der Waals surface area contributed by atoms with E-state index in [-0.39, 0.29) is 24.4 Å². The number of fused-ring (bicyclic) bond motifs is 1. The van der Waals surface area contributed by atoms with Crippen molar-refractivity contribution in [1.29, 1.82) is 0 Å². The lowest BCUT2D eigenvalue weighted by atomic mass is 10.00. The third-order valence-electron chi connectivity index (χ3n) is 6.70. The zero-order valence-electron chi connectivity index (χ0n) is 19.8. The maximum atomic E-state index is 13.7. The molecule has 1 aromatic heterocycles. The molecule has 0 saturated heterocycles. The second-order valence-corrected chi connectivity index (χ2v) is 10.9. The maximum Gasteiger partial charge on any atom is 0.254 e. The summed E-state index contributed by atoms with van der Waals surface area (Å²) < 4.78 is 6.13. The summed E-state index contributed by atoms with van der Waals surface area (Å²) in [5.41, 5.74) is 2.84. The first-order chi connectivity index (χ1) is 17.0. The highest BCUT2D eigenvalue weighted by Gasteiger charge is 2.35. The number of hydrogen-bond acceptors (Lipinski definition) is 4. The molecule has 1 fully saturated rings. The number of benzene rings is 2. The van der Waals surface area contributed by atoms with E-state index in [2.05, 4.69) is 11.4 Å². The molecule has 1 saturated carbocycles. The van der Waals surface area contributed by atoms with Crippen LogP contribution in [0.5, 0.6) is 5.75 Å². The average molecular weight is 509 g/mol. The standard InChI is InChI=1S/C28H29ClN2O3S/c1-19-5-9-23(10-6-19)34-18-25-24-12-14-35-26(24)11-13-31(25)27(32)17-30(16-20-7-8-20)28(33)21-3-2-4-22(29)15-21/h2-6,9-10,12,14-15,20,25H,7-8,11,13,16-18H2,1H3. The van der Waals surface area contributed by atoms with Gasteiger partial charge in [-0.25, -0.2) is 0 Å². The fourth-order valence-electron chi connectivity index (χ4n) is 4.57. The van der Waals surface area contributed by atoms with Crippen LogP contribution >= 0.6 is 22.9 Å². The number of aryl methyl sites for hydroxylation is 1. The van der Waals surface area contributed by atoms with Crippen LogP contribution < -0.4 is 4.74 Å². The van der Waals surface area contributed by atoms with Crippen LogP contribution in [0, 0.1) is 12.8 Å². The van der Waals surface area contributed by atoms with Gasteiger partial charge in [0.15, 0.2) is 0 Å². The van der Waals surface area contributed by atoms with Crippen LogP contribution in [0.3, 0.4) is 0 Å². The van der Waals surface area contributed by atoms with Crippen molar-refractivity contribution in [2.24, 2.45) is 5.92 Å². The lowest BCUT2D eigenvalue weighted by molar-refractivity contribution is -0.135. The Morgan fingerprint density at radius 3 is 2.69 bits per heavy atom. The molecule has 3 aromatic rings. The van der Waals surface area contributed by atoms with E-state index >= 15 is 0 Å². The van der Waals surface area contributed by atoms with Gasteiger partial charge in [-0.3, -0.25) is 9.59 Å². The minimum atomic E-state index is -0.178. The molecule has 7 heteroatoms. The largest absolute Gasteiger partial charge is 0.491 e. The Morgan fingerprint density at radius 1 is 1.14 bits per heavy atom. The molecule has 0 spiro atoms. The van der Waals surface area contributed by atoms with E-state index in [0.29, 0.717) is 36.2 Å². The third-order valence-corrected chi connectivity index (χ3v) is 7.94. The van der Waals surface area contributed by atoms with E-state index in [0.717, 1.165) is 30.6 Å². The maximum absolute atomic E-state index is 13.7. The van der Waals surface area contributed by atoms with E-state index in [9.17, 15) is 9.59 Å². The van der Waals surface area contributed by atoms with Crippen LogP contribution in [0.25, 0.3) is 0 Å². The highest BCUT2D eigenvalue weighted by Crippen LogP contribution is 2.35. The summed E-state index contributed by atoms with van der Waals surface area (Å²) in [6.45, 7) is 3.70. The van der Waals surface area contributed by atoms with Crippen molar-refractivity contribution >= 4 is 34.8 Å². The highest BCUT2D eigenvalue weighted by atomic mass is 35.5. The quantitative estimate of drug-likeness (QED) is 0.388. The first-order valence-electron chi connectivity index (χ1n) is 12.1. The van der Waals surface area contributed by atoms with Crippen LogP contribution in [0.2, 0.25) is 5.02 Å². The predicted octanol–water partition coefficient (Wildman–Crippen LogP) is 5.77. The number of nitrogens with zero attached hydrogens (tertiary/aromatic N) is 2. The van der Waals surface area contributed by atoms with Gasteiger partial charge in [-0.05, 0) is 79.4 Å². The van der Waals surface area contributed by atoms with Crippen LogP contribution in [-0.4, -0.2) is 47.9 Å². The van der Waals surface area contributed by atoms with Crippen LogP contribution in [-0.2, 0) is 11.2 Å². The van der Waals surface area contributed by atoms with Gasteiger partial charge < -0.3 is 14.5 Å². The summed E-state index contributed by atoms with van der Waals surface area (Å²) in [6.07, 6.45) is 3.02. The molecule has 5 nitrogen and oxygen atoms in total. The Balaban J connectivity index is 1.34. The van der Waals surface area contributed by atoms with E-state index in [1.54, 1.807) is 40.5 Å². The molecule has 2 aromatic carbocycles. The van der Waals surface area contributed by atoms with Crippen LogP contribution in [0.1, 0.15) is 45.2 Å². The van der Waals surface area contributed by atoms with E-state index in [1.165, 1.54) is 10.4 Å². The van der Waals surface area contributed by atoms with Gasteiger partial charge in [-0.1, -0.05) is 35.4 Å². The Labute approximate surface area is 215 Å². The monoisotopic (exact) mass is 508 g/mol. The molecule has 2 heterocycles. The van der Waals surface area contributed by atoms with Gasteiger partial charge in [0, 0.05) is 28.6 Å². The molecule has 0 radical (unpaired) electrons. The van der Waals surface area contributed by atoms with Crippen molar-refractivity contribution < 1.29 is 14.3 Å². The summed E-state index contributed by atoms with van der Waals surface area (Å²) in [5.74, 6) is 1.07. The SMILES string of the molecule is Cc1ccc(OCC2c3ccsc3CCN2C(=O)CN(CC2CC2)C(=O)c2cccc(Cl)c2)cc1. The number of carbonyl (C=O) groups excluding carboxylic acids is 2. The number of carbonyl (C=O) groups is 2. The third kappa shape index (κ3) is 5.71. The molecule has 182 valence electrons. The Bertz CT molecular complexity index is 1200. The lowest BCUT2D eigenvalue weighted by Crippen LogP contribution is -2.48. The molecule has 2 amide bonds. The summed E-state index contributed by atoms with van der Waals surface area (Å²) in [4.78, 5) is 31.9. The van der Waals surface area contributed by atoms with E-state index < -0.39 is 0 Å². The number of ether oxygens (including phenoxy) is 1. The summed E-state index contributed by atoms with van der Waals surface area (Å²) >= 11 is 7.86. The summed E-state index contributed by atoms with van der Waals surface area (Å²) in [7, 11) is 0. The van der Waals surface area contributed by atoms with Gasteiger partial charge in [-0.15, -0.1) is 11.3 Å². The normalized spacial score (nSPS) is 17.1. The fourth-order valence-corrected chi connectivity index (χ4v) is 5.69. The second-order valence-electron chi connectivity index (χ2n) is 9.42. The molecule has 0 N–H and O–H groups in total. The number of rotatable bonds is 8. The molecule has 1 atom stereocenters. The first-order valence-corrected chi connectivity index (χ1v) is 13.3. The zero-order valence-corrected chi connectivity index (χ0v) is 21.4. The average Bonchev–Trinajstić information content (AvgIpc) is 3.54. The second kappa shape index (κ2) is 10.4. The van der Waals surface area contributed by atoms with Crippen LogP contribution in [0.4, 0.5) is 0 Å². The van der Waals surface area contributed by atoms with Gasteiger partial charge >= 0.3 is 0 Å². The van der Waals surface area contributed by atoms with Crippen molar-refractivity contribution in [3.63, 3.8) is 0 Å². The summed E-state index contributed by atoms with van der Waals surface area (Å²) in [5, 5.41) is 2.60. The topological polar surface area (TPSA) is 49.9 Å². The van der Waals surface area contributed by atoms with Gasteiger partial charge in [0.1, 0.15) is 18.9 Å².